The summed E-state index contributed by atoms with van der Waals surface area (Å²) in [5, 5.41) is 1.62. The number of carbonyl (C=O) groups excluding carboxylic acids is 1. The molecule has 1 aromatic carbocycles. The number of hydrogen-bond donors (Lipinski definition) is 2. The molecule has 1 unspecified atom stereocenters. The molecule has 104 valence electrons. The molecule has 0 aliphatic heterocycles. The molecule has 0 spiro atoms. The first kappa shape index (κ1) is 14.0. The third kappa shape index (κ3) is 3.78. The first-order valence-corrected chi connectivity index (χ1v) is 6.90. The van der Waals surface area contributed by atoms with Crippen molar-refractivity contribution < 1.29 is 4.79 Å². The van der Waals surface area contributed by atoms with Gasteiger partial charge in [-0.15, -0.1) is 0 Å². The number of hydrazine groups is 1. The van der Waals surface area contributed by atoms with Crippen LogP contribution in [-0.2, 0) is 24.1 Å². The SMILES string of the molecule is CN(C)NC(=O)C(N)Cc1ccc2c(c1)CCCC2. The zero-order valence-corrected chi connectivity index (χ0v) is 11.8. The van der Waals surface area contributed by atoms with Crippen LogP contribution in [0.5, 0.6) is 0 Å². The summed E-state index contributed by atoms with van der Waals surface area (Å²) in [5.74, 6) is -0.136. The van der Waals surface area contributed by atoms with Crippen molar-refractivity contribution in [3.63, 3.8) is 0 Å². The number of fused-ring (bicyclic) bond motifs is 1. The summed E-state index contributed by atoms with van der Waals surface area (Å²) >= 11 is 0. The number of carbonyl (C=O) groups is 1. The van der Waals surface area contributed by atoms with Crippen LogP contribution in [0.3, 0.4) is 0 Å². The summed E-state index contributed by atoms with van der Waals surface area (Å²) in [6.07, 6.45) is 5.48. The van der Waals surface area contributed by atoms with Crippen molar-refractivity contribution in [1.29, 1.82) is 0 Å². The molecule has 0 saturated heterocycles. The van der Waals surface area contributed by atoms with Gasteiger partial charge in [-0.2, -0.15) is 0 Å². The molecule has 1 aromatic rings. The maximum absolute atomic E-state index is 11.8. The summed E-state index contributed by atoms with van der Waals surface area (Å²) in [4.78, 5) is 11.8. The second-order valence-corrected chi connectivity index (χ2v) is 5.49. The molecule has 0 radical (unpaired) electrons. The second kappa shape index (κ2) is 6.17. The maximum Gasteiger partial charge on any atom is 0.251 e. The van der Waals surface area contributed by atoms with E-state index in [-0.39, 0.29) is 5.91 Å². The van der Waals surface area contributed by atoms with Crippen molar-refractivity contribution in [3.8, 4) is 0 Å². The Morgan fingerprint density at radius 1 is 1.32 bits per heavy atom. The van der Waals surface area contributed by atoms with E-state index in [9.17, 15) is 4.79 Å². The Balaban J connectivity index is 2.01. The highest BCUT2D eigenvalue weighted by molar-refractivity contribution is 5.81. The average molecular weight is 261 g/mol. The predicted molar refractivity (Wildman–Crippen MR) is 76.6 cm³/mol. The summed E-state index contributed by atoms with van der Waals surface area (Å²) < 4.78 is 0. The van der Waals surface area contributed by atoms with Crippen molar-refractivity contribution in [2.45, 2.75) is 38.1 Å². The number of nitrogens with one attached hydrogen (secondary N) is 1. The number of nitrogens with two attached hydrogens (primary N) is 1. The standard InChI is InChI=1S/C15H23N3O/c1-18(2)17-15(19)14(16)10-11-7-8-12-5-3-4-6-13(12)9-11/h7-9,14H,3-6,10,16H2,1-2H3,(H,17,19). The Hall–Kier alpha value is -1.39. The van der Waals surface area contributed by atoms with Gasteiger partial charge in [0.05, 0.1) is 6.04 Å². The number of nitrogens with zero attached hydrogens (tertiary/aromatic N) is 1. The van der Waals surface area contributed by atoms with Gasteiger partial charge >= 0.3 is 0 Å². The summed E-state index contributed by atoms with van der Waals surface area (Å²) in [6, 6.07) is 6.02. The fourth-order valence-corrected chi connectivity index (χ4v) is 2.56. The number of amides is 1. The number of benzene rings is 1. The third-order valence-electron chi connectivity index (χ3n) is 3.54. The second-order valence-electron chi connectivity index (χ2n) is 5.49. The quantitative estimate of drug-likeness (QED) is 0.796. The lowest BCUT2D eigenvalue weighted by molar-refractivity contribution is -0.126. The van der Waals surface area contributed by atoms with Crippen LogP contribution < -0.4 is 11.2 Å². The fourth-order valence-electron chi connectivity index (χ4n) is 2.56. The molecule has 2 rings (SSSR count). The van der Waals surface area contributed by atoms with Gasteiger partial charge in [0.1, 0.15) is 0 Å². The maximum atomic E-state index is 11.8. The van der Waals surface area contributed by atoms with Crippen LogP contribution in [0.4, 0.5) is 0 Å². The molecule has 0 bridgehead atoms. The lowest BCUT2D eigenvalue weighted by Crippen LogP contribution is -2.47. The largest absolute Gasteiger partial charge is 0.320 e. The van der Waals surface area contributed by atoms with Crippen LogP contribution >= 0.6 is 0 Å². The van der Waals surface area contributed by atoms with Crippen LogP contribution in [0.25, 0.3) is 0 Å². The van der Waals surface area contributed by atoms with Crippen LogP contribution in [0, 0.1) is 0 Å². The Kier molecular flexibility index (Phi) is 4.56. The van der Waals surface area contributed by atoms with Crippen molar-refractivity contribution in [2.75, 3.05) is 14.1 Å². The van der Waals surface area contributed by atoms with Gasteiger partial charge in [-0.25, -0.2) is 5.01 Å². The average Bonchev–Trinajstić information content (AvgIpc) is 2.37. The Bertz CT molecular complexity index is 457. The molecule has 0 fully saturated rings. The van der Waals surface area contributed by atoms with E-state index in [1.54, 1.807) is 19.1 Å². The molecule has 0 aromatic heterocycles. The van der Waals surface area contributed by atoms with E-state index < -0.39 is 6.04 Å². The molecule has 19 heavy (non-hydrogen) atoms. The van der Waals surface area contributed by atoms with E-state index in [4.69, 9.17) is 5.73 Å². The molecule has 1 aliphatic rings. The monoisotopic (exact) mass is 261 g/mol. The van der Waals surface area contributed by atoms with E-state index in [1.807, 2.05) is 0 Å². The minimum atomic E-state index is -0.496. The summed E-state index contributed by atoms with van der Waals surface area (Å²) in [7, 11) is 3.56. The lowest BCUT2D eigenvalue weighted by Gasteiger charge is -2.19. The lowest BCUT2D eigenvalue weighted by atomic mass is 9.89. The number of hydrogen-bond acceptors (Lipinski definition) is 3. The van der Waals surface area contributed by atoms with Crippen molar-refractivity contribution in [1.82, 2.24) is 10.4 Å². The Morgan fingerprint density at radius 3 is 2.68 bits per heavy atom. The van der Waals surface area contributed by atoms with E-state index in [0.29, 0.717) is 6.42 Å². The van der Waals surface area contributed by atoms with Gasteiger partial charge in [0, 0.05) is 14.1 Å². The van der Waals surface area contributed by atoms with Crippen molar-refractivity contribution in [3.05, 3.63) is 34.9 Å². The minimum absolute atomic E-state index is 0.136. The molecule has 4 heteroatoms. The zero-order valence-electron chi connectivity index (χ0n) is 11.8. The fraction of sp³-hybridized carbons (Fsp3) is 0.533. The zero-order chi connectivity index (χ0) is 13.8. The summed E-state index contributed by atoms with van der Waals surface area (Å²) in [6.45, 7) is 0. The summed E-state index contributed by atoms with van der Waals surface area (Å²) in [5.41, 5.74) is 12.7. The van der Waals surface area contributed by atoms with Gasteiger partial charge < -0.3 is 5.73 Å². The van der Waals surface area contributed by atoms with Gasteiger partial charge in [0.25, 0.3) is 5.91 Å². The van der Waals surface area contributed by atoms with E-state index in [1.165, 1.54) is 30.4 Å². The molecule has 4 nitrogen and oxygen atoms in total. The molecular formula is C15H23N3O. The molecular weight excluding hydrogens is 238 g/mol. The normalized spacial score (nSPS) is 16.0. The first-order valence-electron chi connectivity index (χ1n) is 6.90. The van der Waals surface area contributed by atoms with E-state index in [0.717, 1.165) is 12.0 Å². The van der Waals surface area contributed by atoms with Gasteiger partial charge in [-0.05, 0) is 48.8 Å². The minimum Gasteiger partial charge on any atom is -0.320 e. The molecule has 1 amide bonds. The van der Waals surface area contributed by atoms with Crippen LogP contribution in [0.1, 0.15) is 29.5 Å². The molecule has 0 saturated carbocycles. The molecule has 1 aliphatic carbocycles. The Labute approximate surface area is 114 Å². The van der Waals surface area contributed by atoms with Gasteiger partial charge in [-0.1, -0.05) is 18.2 Å². The molecule has 3 N–H and O–H groups in total. The topological polar surface area (TPSA) is 58.4 Å². The van der Waals surface area contributed by atoms with Gasteiger partial charge in [0.15, 0.2) is 0 Å². The van der Waals surface area contributed by atoms with E-state index >= 15 is 0 Å². The van der Waals surface area contributed by atoms with Crippen LogP contribution in [-0.4, -0.2) is 31.1 Å². The molecule has 1 atom stereocenters. The van der Waals surface area contributed by atoms with Crippen molar-refractivity contribution in [2.24, 2.45) is 5.73 Å². The van der Waals surface area contributed by atoms with Crippen molar-refractivity contribution >= 4 is 5.91 Å². The van der Waals surface area contributed by atoms with Gasteiger partial charge in [-0.3, -0.25) is 10.2 Å². The number of aryl methyl sites for hydroxylation is 2. The highest BCUT2D eigenvalue weighted by Crippen LogP contribution is 2.22. The van der Waals surface area contributed by atoms with Gasteiger partial charge in [0.2, 0.25) is 0 Å². The molecule has 0 heterocycles. The highest BCUT2D eigenvalue weighted by atomic mass is 16.2. The number of rotatable bonds is 4. The van der Waals surface area contributed by atoms with Crippen LogP contribution in [0.2, 0.25) is 0 Å². The predicted octanol–water partition coefficient (Wildman–Crippen LogP) is 1.03. The van der Waals surface area contributed by atoms with E-state index in [2.05, 4.69) is 23.6 Å². The first-order chi connectivity index (χ1) is 9.06. The third-order valence-corrected chi connectivity index (χ3v) is 3.54. The highest BCUT2D eigenvalue weighted by Gasteiger charge is 2.16. The van der Waals surface area contributed by atoms with Crippen LogP contribution in [0.15, 0.2) is 18.2 Å². The Morgan fingerprint density at radius 2 is 2.00 bits per heavy atom. The smallest absolute Gasteiger partial charge is 0.251 e.